The van der Waals surface area contributed by atoms with E-state index >= 15 is 0 Å². The van der Waals surface area contributed by atoms with Gasteiger partial charge in [0.1, 0.15) is 0 Å². The monoisotopic (exact) mass is 366 g/mol. The normalized spacial score (nSPS) is 12.5. The Morgan fingerprint density at radius 2 is 1.68 bits per heavy atom. The summed E-state index contributed by atoms with van der Waals surface area (Å²) < 4.78 is 1.16. The zero-order valence-electron chi connectivity index (χ0n) is 11.6. The lowest BCUT2D eigenvalue weighted by Gasteiger charge is -2.15. The summed E-state index contributed by atoms with van der Waals surface area (Å²) in [5.74, 6) is 0. The Balaban J connectivity index is 2.25. The van der Waals surface area contributed by atoms with Crippen molar-refractivity contribution in [2.75, 3.05) is 0 Å². The van der Waals surface area contributed by atoms with Gasteiger partial charge in [0, 0.05) is 9.99 Å². The molecular weight excluding hydrogens is 347 g/mol. The molecule has 1 nitrogen and oxygen atoms in total. The quantitative estimate of drug-likeness (QED) is 0.794. The maximum absolute atomic E-state index is 10.5. The van der Waals surface area contributed by atoms with E-state index in [1.165, 1.54) is 22.3 Å². The van der Waals surface area contributed by atoms with Gasteiger partial charge in [0.15, 0.2) is 0 Å². The van der Waals surface area contributed by atoms with E-state index in [4.69, 9.17) is 0 Å². The first-order valence-corrected chi connectivity index (χ1v) is 7.55. The van der Waals surface area contributed by atoms with Gasteiger partial charge >= 0.3 is 0 Å². The number of rotatable bonds is 3. The van der Waals surface area contributed by atoms with Gasteiger partial charge in [-0.25, -0.2) is 0 Å². The second kappa shape index (κ2) is 6.06. The molecule has 0 aromatic heterocycles. The predicted octanol–water partition coefficient (Wildman–Crippen LogP) is 4.49. The van der Waals surface area contributed by atoms with Gasteiger partial charge in [0.05, 0.1) is 6.10 Å². The molecule has 1 N–H and O–H groups in total. The fourth-order valence-electron chi connectivity index (χ4n) is 2.45. The molecule has 0 saturated carbocycles. The molecule has 0 saturated heterocycles. The van der Waals surface area contributed by atoms with Crippen LogP contribution in [0.2, 0.25) is 0 Å². The van der Waals surface area contributed by atoms with Crippen LogP contribution in [0, 0.1) is 24.3 Å². The number of halogens is 1. The predicted molar refractivity (Wildman–Crippen MR) is 88.5 cm³/mol. The van der Waals surface area contributed by atoms with Crippen LogP contribution in [0.15, 0.2) is 36.4 Å². The first-order chi connectivity index (χ1) is 8.97. The number of aryl methyl sites for hydroxylation is 3. The van der Waals surface area contributed by atoms with Gasteiger partial charge in [0.25, 0.3) is 0 Å². The van der Waals surface area contributed by atoms with Gasteiger partial charge in [-0.15, -0.1) is 0 Å². The van der Waals surface area contributed by atoms with Crippen LogP contribution >= 0.6 is 22.6 Å². The molecule has 1 unspecified atom stereocenters. The maximum atomic E-state index is 10.5. The summed E-state index contributed by atoms with van der Waals surface area (Å²) in [6.45, 7) is 6.27. The Morgan fingerprint density at radius 1 is 1.05 bits per heavy atom. The van der Waals surface area contributed by atoms with Gasteiger partial charge < -0.3 is 5.11 Å². The topological polar surface area (TPSA) is 20.2 Å². The molecule has 0 amide bonds. The van der Waals surface area contributed by atoms with Crippen LogP contribution in [0.25, 0.3) is 0 Å². The van der Waals surface area contributed by atoms with Crippen molar-refractivity contribution in [3.8, 4) is 0 Å². The van der Waals surface area contributed by atoms with Gasteiger partial charge in [-0.1, -0.05) is 47.5 Å². The Hall–Kier alpha value is -0.870. The summed E-state index contributed by atoms with van der Waals surface area (Å²) in [5.41, 5.74) is 5.95. The van der Waals surface area contributed by atoms with Crippen LogP contribution < -0.4 is 0 Å². The second-order valence-electron chi connectivity index (χ2n) is 5.19. The molecule has 0 radical (unpaired) electrons. The van der Waals surface area contributed by atoms with E-state index in [0.717, 1.165) is 9.13 Å². The highest BCUT2D eigenvalue weighted by Gasteiger charge is 2.13. The van der Waals surface area contributed by atoms with Crippen molar-refractivity contribution in [1.29, 1.82) is 0 Å². The summed E-state index contributed by atoms with van der Waals surface area (Å²) in [6.07, 6.45) is 0.232. The largest absolute Gasteiger partial charge is 0.388 e. The molecular formula is C17H19IO. The molecule has 2 rings (SSSR count). The molecule has 2 aromatic carbocycles. The van der Waals surface area contributed by atoms with Crippen molar-refractivity contribution >= 4 is 22.6 Å². The lowest BCUT2D eigenvalue weighted by atomic mass is 9.98. The number of hydrogen-bond acceptors (Lipinski definition) is 1. The third kappa shape index (κ3) is 3.57. The molecule has 0 aliphatic carbocycles. The van der Waals surface area contributed by atoms with Crippen molar-refractivity contribution in [3.63, 3.8) is 0 Å². The van der Waals surface area contributed by atoms with E-state index in [1.807, 2.05) is 12.1 Å². The first kappa shape index (κ1) is 14.5. The van der Waals surface area contributed by atoms with E-state index < -0.39 is 6.10 Å². The van der Waals surface area contributed by atoms with E-state index in [0.29, 0.717) is 6.42 Å². The Morgan fingerprint density at radius 3 is 2.32 bits per heavy atom. The Kier molecular flexibility index (Phi) is 4.63. The highest BCUT2D eigenvalue weighted by molar-refractivity contribution is 14.1. The number of aliphatic hydroxyl groups is 1. The van der Waals surface area contributed by atoms with Crippen LogP contribution in [0.3, 0.4) is 0 Å². The molecule has 1 atom stereocenters. The maximum Gasteiger partial charge on any atom is 0.0840 e. The van der Waals surface area contributed by atoms with Crippen molar-refractivity contribution in [2.45, 2.75) is 33.3 Å². The van der Waals surface area contributed by atoms with Crippen molar-refractivity contribution in [2.24, 2.45) is 0 Å². The number of hydrogen-bond donors (Lipinski definition) is 1. The summed E-state index contributed by atoms with van der Waals surface area (Å²) in [4.78, 5) is 0. The molecule has 2 heteroatoms. The zero-order valence-corrected chi connectivity index (χ0v) is 13.7. The second-order valence-corrected chi connectivity index (χ2v) is 6.27. The third-order valence-electron chi connectivity index (χ3n) is 3.29. The minimum absolute atomic E-state index is 0.437. The average Bonchev–Trinajstić information content (AvgIpc) is 2.31. The molecule has 0 fully saturated rings. The highest BCUT2D eigenvalue weighted by atomic mass is 127. The Labute approximate surface area is 128 Å². The van der Waals surface area contributed by atoms with Crippen molar-refractivity contribution < 1.29 is 5.11 Å². The zero-order chi connectivity index (χ0) is 14.0. The molecule has 0 aliphatic heterocycles. The van der Waals surface area contributed by atoms with Crippen LogP contribution in [-0.4, -0.2) is 5.11 Å². The van der Waals surface area contributed by atoms with Crippen LogP contribution in [-0.2, 0) is 6.42 Å². The number of benzene rings is 2. The molecule has 0 spiro atoms. The molecule has 0 heterocycles. The van der Waals surface area contributed by atoms with E-state index in [1.54, 1.807) is 0 Å². The lowest BCUT2D eigenvalue weighted by molar-refractivity contribution is 0.177. The summed E-state index contributed by atoms with van der Waals surface area (Å²) in [6, 6.07) is 12.6. The van der Waals surface area contributed by atoms with Gasteiger partial charge in [-0.05, 0) is 60.1 Å². The van der Waals surface area contributed by atoms with Gasteiger partial charge in [-0.3, -0.25) is 0 Å². The lowest BCUT2D eigenvalue weighted by Crippen LogP contribution is -2.05. The fraction of sp³-hybridized carbons (Fsp3) is 0.294. The fourth-order valence-corrected chi connectivity index (χ4v) is 3.17. The van der Waals surface area contributed by atoms with E-state index in [-0.39, 0.29) is 0 Å². The highest BCUT2D eigenvalue weighted by Crippen LogP contribution is 2.26. The number of aliphatic hydroxyl groups excluding tert-OH is 1. The molecule has 0 aliphatic rings. The van der Waals surface area contributed by atoms with Crippen LogP contribution in [0.5, 0.6) is 0 Å². The first-order valence-electron chi connectivity index (χ1n) is 6.47. The summed E-state index contributed by atoms with van der Waals surface area (Å²) in [7, 11) is 0. The van der Waals surface area contributed by atoms with Gasteiger partial charge in [-0.2, -0.15) is 0 Å². The van der Waals surface area contributed by atoms with Crippen molar-refractivity contribution in [3.05, 3.63) is 67.8 Å². The van der Waals surface area contributed by atoms with Crippen molar-refractivity contribution in [1.82, 2.24) is 0 Å². The molecule has 2 aromatic rings. The minimum atomic E-state index is -0.437. The summed E-state index contributed by atoms with van der Waals surface area (Å²) >= 11 is 2.32. The third-order valence-corrected chi connectivity index (χ3v) is 4.76. The molecule has 19 heavy (non-hydrogen) atoms. The standard InChI is InChI=1S/C17H19IO/c1-11-7-12(2)9-14(8-11)10-16(19)15-6-4-5-13(3)17(15)18/h4-9,16,19H,10H2,1-3H3. The summed E-state index contributed by atoms with van der Waals surface area (Å²) in [5, 5.41) is 10.5. The van der Waals surface area contributed by atoms with E-state index in [9.17, 15) is 5.11 Å². The minimum Gasteiger partial charge on any atom is -0.388 e. The SMILES string of the molecule is Cc1cc(C)cc(CC(O)c2cccc(C)c2I)c1. The Bertz CT molecular complexity index is 570. The molecule has 0 bridgehead atoms. The van der Waals surface area contributed by atoms with E-state index in [2.05, 4.69) is 67.6 Å². The van der Waals surface area contributed by atoms with Gasteiger partial charge in [0.2, 0.25) is 0 Å². The smallest absolute Gasteiger partial charge is 0.0840 e. The molecule has 100 valence electrons. The van der Waals surface area contributed by atoms with Crippen LogP contribution in [0.1, 0.15) is 33.9 Å². The van der Waals surface area contributed by atoms with Crippen LogP contribution in [0.4, 0.5) is 0 Å². The average molecular weight is 366 g/mol.